The number of nitrogens with one attached hydrogen (secondary N) is 3. The van der Waals surface area contributed by atoms with Gasteiger partial charge in [0.2, 0.25) is 0 Å². The minimum Gasteiger partial charge on any atom is -0.382 e. The zero-order valence-corrected chi connectivity index (χ0v) is 17.7. The summed E-state index contributed by atoms with van der Waals surface area (Å²) in [5.74, 6) is 1.35. The highest BCUT2D eigenvalue weighted by Crippen LogP contribution is 2.11. The standard InChI is InChI=1S/C18H32N4O.HI/c1-5-23-13-9-12-20-18(19-4)21-14-17(15(2)3)22-16-10-7-6-8-11-16;/h6-8,10-11,15,17,22H,5,9,12-14H2,1-4H3,(H2,19,20,21);1H. The number of benzene rings is 1. The highest BCUT2D eigenvalue weighted by molar-refractivity contribution is 14.0. The number of halogens is 1. The first-order valence-electron chi connectivity index (χ1n) is 8.51. The minimum absolute atomic E-state index is 0. The summed E-state index contributed by atoms with van der Waals surface area (Å²) in [4.78, 5) is 4.27. The van der Waals surface area contributed by atoms with E-state index in [1.54, 1.807) is 7.05 Å². The Balaban J connectivity index is 0.00000529. The van der Waals surface area contributed by atoms with Gasteiger partial charge in [-0.15, -0.1) is 24.0 Å². The van der Waals surface area contributed by atoms with Crippen molar-refractivity contribution < 1.29 is 4.74 Å². The molecule has 24 heavy (non-hydrogen) atoms. The molecule has 0 radical (unpaired) electrons. The van der Waals surface area contributed by atoms with Crippen LogP contribution in [0.5, 0.6) is 0 Å². The first-order chi connectivity index (χ1) is 11.2. The van der Waals surface area contributed by atoms with E-state index in [0.717, 1.165) is 44.4 Å². The third-order valence-corrected chi connectivity index (χ3v) is 3.61. The summed E-state index contributed by atoms with van der Waals surface area (Å²) in [6.07, 6.45) is 0.977. The number of rotatable bonds is 10. The summed E-state index contributed by atoms with van der Waals surface area (Å²) >= 11 is 0. The average molecular weight is 448 g/mol. The van der Waals surface area contributed by atoms with Gasteiger partial charge >= 0.3 is 0 Å². The van der Waals surface area contributed by atoms with Crippen LogP contribution in [0.3, 0.4) is 0 Å². The van der Waals surface area contributed by atoms with Gasteiger partial charge in [0.25, 0.3) is 0 Å². The van der Waals surface area contributed by atoms with Gasteiger partial charge in [0.15, 0.2) is 5.96 Å². The molecule has 0 aliphatic carbocycles. The van der Waals surface area contributed by atoms with Gasteiger partial charge in [-0.05, 0) is 31.4 Å². The molecule has 0 aliphatic heterocycles. The fourth-order valence-corrected chi connectivity index (χ4v) is 2.15. The normalized spacial score (nSPS) is 12.5. The molecule has 138 valence electrons. The molecule has 0 amide bonds. The molecule has 3 N–H and O–H groups in total. The van der Waals surface area contributed by atoms with Gasteiger partial charge in [0.05, 0.1) is 0 Å². The van der Waals surface area contributed by atoms with Crippen molar-refractivity contribution in [3.63, 3.8) is 0 Å². The van der Waals surface area contributed by atoms with Crippen molar-refractivity contribution in [2.75, 3.05) is 38.7 Å². The van der Waals surface area contributed by atoms with E-state index < -0.39 is 0 Å². The van der Waals surface area contributed by atoms with Crippen molar-refractivity contribution in [1.82, 2.24) is 10.6 Å². The van der Waals surface area contributed by atoms with Crippen LogP contribution in [-0.4, -0.2) is 45.4 Å². The lowest BCUT2D eigenvalue weighted by molar-refractivity contribution is 0.145. The molecule has 1 unspecified atom stereocenters. The van der Waals surface area contributed by atoms with Gasteiger partial charge in [-0.2, -0.15) is 0 Å². The molecule has 0 bridgehead atoms. The van der Waals surface area contributed by atoms with Crippen LogP contribution in [0.1, 0.15) is 27.2 Å². The van der Waals surface area contributed by atoms with Crippen LogP contribution in [-0.2, 0) is 4.74 Å². The maximum Gasteiger partial charge on any atom is 0.191 e. The van der Waals surface area contributed by atoms with Crippen LogP contribution in [0.4, 0.5) is 5.69 Å². The van der Waals surface area contributed by atoms with Crippen molar-refractivity contribution in [3.05, 3.63) is 30.3 Å². The number of para-hydroxylation sites is 1. The fourth-order valence-electron chi connectivity index (χ4n) is 2.15. The molecule has 0 saturated heterocycles. The lowest BCUT2D eigenvalue weighted by atomic mass is 10.0. The number of guanidine groups is 1. The fraction of sp³-hybridized carbons (Fsp3) is 0.611. The van der Waals surface area contributed by atoms with Crippen LogP contribution < -0.4 is 16.0 Å². The molecule has 0 aliphatic rings. The van der Waals surface area contributed by atoms with Crippen LogP contribution in [0.2, 0.25) is 0 Å². The SMILES string of the molecule is CCOCCCNC(=NC)NCC(Nc1ccccc1)C(C)C.I. The van der Waals surface area contributed by atoms with E-state index in [9.17, 15) is 0 Å². The maximum atomic E-state index is 5.33. The average Bonchev–Trinajstić information content (AvgIpc) is 2.56. The first kappa shape index (κ1) is 23.0. The van der Waals surface area contributed by atoms with Crippen molar-refractivity contribution in [1.29, 1.82) is 0 Å². The molecule has 1 aromatic rings. The van der Waals surface area contributed by atoms with E-state index in [2.05, 4.69) is 46.9 Å². The Morgan fingerprint density at radius 2 is 1.88 bits per heavy atom. The van der Waals surface area contributed by atoms with Crippen molar-refractivity contribution in [3.8, 4) is 0 Å². The molecule has 0 heterocycles. The predicted molar refractivity (Wildman–Crippen MR) is 115 cm³/mol. The molecule has 0 fully saturated rings. The number of ether oxygens (including phenoxy) is 1. The van der Waals surface area contributed by atoms with Gasteiger partial charge in [0, 0.05) is 45.1 Å². The monoisotopic (exact) mass is 448 g/mol. The van der Waals surface area contributed by atoms with E-state index in [1.165, 1.54) is 0 Å². The van der Waals surface area contributed by atoms with Gasteiger partial charge in [-0.1, -0.05) is 32.0 Å². The molecule has 1 atom stereocenters. The summed E-state index contributed by atoms with van der Waals surface area (Å²) in [7, 11) is 1.80. The Morgan fingerprint density at radius 1 is 1.17 bits per heavy atom. The predicted octanol–water partition coefficient (Wildman–Crippen LogP) is 3.33. The second-order valence-electron chi connectivity index (χ2n) is 5.79. The summed E-state index contributed by atoms with van der Waals surface area (Å²) in [6.45, 7) is 9.69. The van der Waals surface area contributed by atoms with E-state index in [0.29, 0.717) is 12.0 Å². The lowest BCUT2D eigenvalue weighted by Crippen LogP contribution is -2.45. The highest BCUT2D eigenvalue weighted by Gasteiger charge is 2.13. The van der Waals surface area contributed by atoms with Crippen LogP contribution in [0.15, 0.2) is 35.3 Å². The van der Waals surface area contributed by atoms with E-state index in [4.69, 9.17) is 4.74 Å². The number of anilines is 1. The quantitative estimate of drug-likeness (QED) is 0.223. The summed E-state index contributed by atoms with van der Waals surface area (Å²) in [5.41, 5.74) is 1.15. The topological polar surface area (TPSA) is 57.7 Å². The summed E-state index contributed by atoms with van der Waals surface area (Å²) < 4.78 is 5.33. The molecule has 1 rings (SSSR count). The van der Waals surface area contributed by atoms with E-state index in [-0.39, 0.29) is 24.0 Å². The number of nitrogens with zero attached hydrogens (tertiary/aromatic N) is 1. The maximum absolute atomic E-state index is 5.33. The zero-order valence-electron chi connectivity index (χ0n) is 15.3. The Kier molecular flexibility index (Phi) is 13.7. The second kappa shape index (κ2) is 14.3. The molecule has 1 aromatic carbocycles. The van der Waals surface area contributed by atoms with Crippen molar-refractivity contribution in [2.24, 2.45) is 10.9 Å². The van der Waals surface area contributed by atoms with Gasteiger partial charge < -0.3 is 20.7 Å². The molecule has 0 aromatic heterocycles. The summed E-state index contributed by atoms with van der Waals surface area (Å²) in [5, 5.41) is 10.3. The van der Waals surface area contributed by atoms with Crippen LogP contribution >= 0.6 is 24.0 Å². The third kappa shape index (κ3) is 9.97. The summed E-state index contributed by atoms with van der Waals surface area (Å²) in [6, 6.07) is 10.6. The highest BCUT2D eigenvalue weighted by atomic mass is 127. The number of aliphatic imine (C=N–C) groups is 1. The molecule has 0 spiro atoms. The van der Waals surface area contributed by atoms with Crippen molar-refractivity contribution in [2.45, 2.75) is 33.2 Å². The molecule has 6 heteroatoms. The smallest absolute Gasteiger partial charge is 0.191 e. The second-order valence-corrected chi connectivity index (χ2v) is 5.79. The van der Waals surface area contributed by atoms with Crippen LogP contribution in [0.25, 0.3) is 0 Å². The third-order valence-electron chi connectivity index (χ3n) is 3.61. The number of hydrogen-bond acceptors (Lipinski definition) is 3. The van der Waals surface area contributed by atoms with Gasteiger partial charge in [-0.25, -0.2) is 0 Å². The lowest BCUT2D eigenvalue weighted by Gasteiger charge is -2.25. The minimum atomic E-state index is 0. The number of hydrogen-bond donors (Lipinski definition) is 3. The molecular formula is C18H33IN4O. The largest absolute Gasteiger partial charge is 0.382 e. The Hall–Kier alpha value is -1.02. The van der Waals surface area contributed by atoms with E-state index in [1.807, 2.05) is 25.1 Å². The van der Waals surface area contributed by atoms with E-state index >= 15 is 0 Å². The Labute approximate surface area is 164 Å². The molecule has 5 nitrogen and oxygen atoms in total. The van der Waals surface area contributed by atoms with Crippen LogP contribution in [0, 0.1) is 5.92 Å². The first-order valence-corrected chi connectivity index (χ1v) is 8.51. The van der Waals surface area contributed by atoms with Gasteiger partial charge in [-0.3, -0.25) is 4.99 Å². The Bertz CT molecular complexity index is 440. The Morgan fingerprint density at radius 3 is 2.46 bits per heavy atom. The molecular weight excluding hydrogens is 415 g/mol. The zero-order chi connectivity index (χ0) is 16.9. The molecule has 0 saturated carbocycles. The van der Waals surface area contributed by atoms with Gasteiger partial charge in [0.1, 0.15) is 0 Å². The van der Waals surface area contributed by atoms with Crippen molar-refractivity contribution >= 4 is 35.6 Å².